The second-order valence-electron chi connectivity index (χ2n) is 6.15. The molecule has 0 radical (unpaired) electrons. The average molecular weight is 328 g/mol. The molecule has 2 aromatic rings. The van der Waals surface area contributed by atoms with Crippen molar-refractivity contribution >= 4 is 5.91 Å². The van der Waals surface area contributed by atoms with Crippen LogP contribution in [-0.4, -0.2) is 29.3 Å². The van der Waals surface area contributed by atoms with Gasteiger partial charge in [-0.05, 0) is 43.9 Å². The Morgan fingerprint density at radius 1 is 1.21 bits per heavy atom. The Balaban J connectivity index is 1.55. The minimum absolute atomic E-state index is 0.0675. The fourth-order valence-corrected chi connectivity index (χ4v) is 3.29. The third-order valence-electron chi connectivity index (χ3n) is 4.63. The lowest BCUT2D eigenvalue weighted by Gasteiger charge is -2.21. The molecule has 0 N–H and O–H groups in total. The molecule has 126 valence electrons. The normalized spacial score (nSPS) is 15.2. The Labute approximate surface area is 140 Å². The molecule has 1 aliphatic carbocycles. The number of carbonyl (C=O) groups is 1. The van der Waals surface area contributed by atoms with E-state index in [4.69, 9.17) is 14.0 Å². The van der Waals surface area contributed by atoms with E-state index in [1.165, 1.54) is 0 Å². The van der Waals surface area contributed by atoms with Gasteiger partial charge < -0.3 is 18.9 Å². The first-order chi connectivity index (χ1) is 11.8. The molecule has 2 aliphatic rings. The van der Waals surface area contributed by atoms with Gasteiger partial charge in [-0.2, -0.15) is 0 Å². The number of amides is 1. The number of benzene rings is 1. The Kier molecular flexibility index (Phi) is 3.88. The van der Waals surface area contributed by atoms with Gasteiger partial charge in [-0.1, -0.05) is 11.2 Å². The van der Waals surface area contributed by atoms with Crippen molar-refractivity contribution in [3.05, 3.63) is 40.8 Å². The molecule has 1 aromatic carbocycles. The van der Waals surface area contributed by atoms with Crippen molar-refractivity contribution in [2.75, 3.05) is 13.3 Å². The highest BCUT2D eigenvalue weighted by Gasteiger charge is 2.27. The molecule has 0 fully saturated rings. The molecule has 0 spiro atoms. The van der Waals surface area contributed by atoms with Crippen LogP contribution >= 0.6 is 0 Å². The van der Waals surface area contributed by atoms with Crippen LogP contribution in [0.15, 0.2) is 22.7 Å². The molecule has 2 heterocycles. The highest BCUT2D eigenvalue weighted by molar-refractivity contribution is 5.93. The van der Waals surface area contributed by atoms with Crippen molar-refractivity contribution in [1.82, 2.24) is 10.1 Å². The number of aryl methyl sites for hydroxylation is 1. The van der Waals surface area contributed by atoms with Gasteiger partial charge in [-0.3, -0.25) is 4.79 Å². The van der Waals surface area contributed by atoms with Gasteiger partial charge in [0, 0.05) is 25.1 Å². The quantitative estimate of drug-likeness (QED) is 0.863. The van der Waals surface area contributed by atoms with E-state index in [2.05, 4.69) is 5.16 Å². The molecule has 1 amide bonds. The standard InChI is InChI=1S/C18H20N2O4/c1-2-20(10-12-7-8-15-16(9-12)23-11-22-15)18(21)17-13-5-3-4-6-14(13)24-19-17/h7-9H,2-6,10-11H2,1H3. The van der Waals surface area contributed by atoms with Gasteiger partial charge in [0.2, 0.25) is 6.79 Å². The molecule has 24 heavy (non-hydrogen) atoms. The third kappa shape index (κ3) is 2.62. The van der Waals surface area contributed by atoms with Crippen LogP contribution in [0.25, 0.3) is 0 Å². The van der Waals surface area contributed by atoms with Crippen LogP contribution in [0.4, 0.5) is 0 Å². The summed E-state index contributed by atoms with van der Waals surface area (Å²) in [6.07, 6.45) is 3.94. The predicted molar refractivity (Wildman–Crippen MR) is 86.1 cm³/mol. The number of hydrogen-bond donors (Lipinski definition) is 0. The third-order valence-corrected chi connectivity index (χ3v) is 4.63. The Morgan fingerprint density at radius 3 is 2.92 bits per heavy atom. The van der Waals surface area contributed by atoms with Crippen molar-refractivity contribution in [1.29, 1.82) is 0 Å². The van der Waals surface area contributed by atoms with Gasteiger partial charge in [0.25, 0.3) is 5.91 Å². The maximum Gasteiger partial charge on any atom is 0.276 e. The first kappa shape index (κ1) is 15.1. The van der Waals surface area contributed by atoms with Crippen molar-refractivity contribution < 1.29 is 18.8 Å². The van der Waals surface area contributed by atoms with Crippen LogP contribution in [0.3, 0.4) is 0 Å². The summed E-state index contributed by atoms with van der Waals surface area (Å²) in [5.41, 5.74) is 2.48. The maximum atomic E-state index is 12.9. The molecule has 1 aromatic heterocycles. The summed E-state index contributed by atoms with van der Waals surface area (Å²) < 4.78 is 16.1. The SMILES string of the molecule is CCN(Cc1ccc2c(c1)OCO2)C(=O)c1noc2c1CCCC2. The van der Waals surface area contributed by atoms with Crippen molar-refractivity contribution in [2.45, 2.75) is 39.2 Å². The van der Waals surface area contributed by atoms with Gasteiger partial charge in [0.05, 0.1) is 0 Å². The average Bonchev–Trinajstić information content (AvgIpc) is 3.25. The monoisotopic (exact) mass is 328 g/mol. The Morgan fingerprint density at radius 2 is 2.04 bits per heavy atom. The Bertz CT molecular complexity index is 768. The fraction of sp³-hybridized carbons (Fsp3) is 0.444. The number of nitrogens with zero attached hydrogens (tertiary/aromatic N) is 2. The van der Waals surface area contributed by atoms with E-state index in [-0.39, 0.29) is 12.7 Å². The smallest absolute Gasteiger partial charge is 0.276 e. The summed E-state index contributed by atoms with van der Waals surface area (Å²) in [6, 6.07) is 5.77. The molecule has 1 aliphatic heterocycles. The minimum Gasteiger partial charge on any atom is -0.454 e. The summed E-state index contributed by atoms with van der Waals surface area (Å²) in [7, 11) is 0. The number of hydrogen-bond acceptors (Lipinski definition) is 5. The zero-order valence-electron chi connectivity index (χ0n) is 13.7. The second kappa shape index (κ2) is 6.19. The van der Waals surface area contributed by atoms with Gasteiger partial charge in [-0.15, -0.1) is 0 Å². The zero-order valence-corrected chi connectivity index (χ0v) is 13.7. The maximum absolute atomic E-state index is 12.9. The molecule has 0 bridgehead atoms. The van der Waals surface area contributed by atoms with Crippen LogP contribution < -0.4 is 9.47 Å². The van der Waals surface area contributed by atoms with Crippen LogP contribution in [0.1, 0.15) is 47.1 Å². The molecule has 0 saturated heterocycles. The number of carbonyl (C=O) groups excluding carboxylic acids is 1. The number of aromatic nitrogens is 1. The zero-order chi connectivity index (χ0) is 16.5. The largest absolute Gasteiger partial charge is 0.454 e. The highest BCUT2D eigenvalue weighted by atomic mass is 16.7. The summed E-state index contributed by atoms with van der Waals surface area (Å²) in [6.45, 7) is 3.33. The molecule has 0 saturated carbocycles. The van der Waals surface area contributed by atoms with E-state index in [0.717, 1.165) is 54.1 Å². The number of fused-ring (bicyclic) bond motifs is 2. The summed E-state index contributed by atoms with van der Waals surface area (Å²) in [5.74, 6) is 2.29. The van der Waals surface area contributed by atoms with Crippen LogP contribution in [0.5, 0.6) is 11.5 Å². The minimum atomic E-state index is -0.0675. The molecular weight excluding hydrogens is 308 g/mol. The second-order valence-corrected chi connectivity index (χ2v) is 6.15. The predicted octanol–water partition coefficient (Wildman–Crippen LogP) is 2.94. The van der Waals surface area contributed by atoms with E-state index < -0.39 is 0 Å². The summed E-state index contributed by atoms with van der Waals surface area (Å²) in [5, 5.41) is 4.06. The molecular formula is C18H20N2O4. The van der Waals surface area contributed by atoms with E-state index in [9.17, 15) is 4.79 Å². The molecule has 4 rings (SSSR count). The highest BCUT2D eigenvalue weighted by Crippen LogP contribution is 2.33. The molecule has 0 unspecified atom stereocenters. The lowest BCUT2D eigenvalue weighted by molar-refractivity contribution is 0.0741. The van der Waals surface area contributed by atoms with E-state index >= 15 is 0 Å². The van der Waals surface area contributed by atoms with Crippen molar-refractivity contribution in [3.63, 3.8) is 0 Å². The molecule has 6 heteroatoms. The first-order valence-corrected chi connectivity index (χ1v) is 8.41. The van der Waals surface area contributed by atoms with Crippen LogP contribution in [0.2, 0.25) is 0 Å². The summed E-state index contributed by atoms with van der Waals surface area (Å²) in [4.78, 5) is 14.7. The van der Waals surface area contributed by atoms with Gasteiger partial charge in [0.15, 0.2) is 17.2 Å². The van der Waals surface area contributed by atoms with E-state index in [0.29, 0.717) is 18.8 Å². The number of ether oxygens (including phenoxy) is 2. The molecule has 6 nitrogen and oxygen atoms in total. The van der Waals surface area contributed by atoms with E-state index in [1.54, 1.807) is 4.90 Å². The van der Waals surface area contributed by atoms with Crippen LogP contribution in [-0.2, 0) is 19.4 Å². The first-order valence-electron chi connectivity index (χ1n) is 8.41. The fourth-order valence-electron chi connectivity index (χ4n) is 3.29. The van der Waals surface area contributed by atoms with Gasteiger partial charge >= 0.3 is 0 Å². The van der Waals surface area contributed by atoms with Gasteiger partial charge in [-0.25, -0.2) is 0 Å². The lowest BCUT2D eigenvalue weighted by Crippen LogP contribution is -2.31. The molecule has 0 atom stereocenters. The topological polar surface area (TPSA) is 64.8 Å². The van der Waals surface area contributed by atoms with Gasteiger partial charge in [0.1, 0.15) is 5.76 Å². The van der Waals surface area contributed by atoms with Crippen molar-refractivity contribution in [2.24, 2.45) is 0 Å². The lowest BCUT2D eigenvalue weighted by atomic mass is 9.96. The van der Waals surface area contributed by atoms with Crippen molar-refractivity contribution in [3.8, 4) is 11.5 Å². The summed E-state index contributed by atoms with van der Waals surface area (Å²) >= 11 is 0. The number of rotatable bonds is 4. The Hall–Kier alpha value is -2.50. The van der Waals surface area contributed by atoms with Crippen LogP contribution in [0, 0.1) is 0 Å². The van der Waals surface area contributed by atoms with E-state index in [1.807, 2.05) is 25.1 Å².